The highest BCUT2D eigenvalue weighted by Crippen LogP contribution is 2.17. The zero-order valence-electron chi connectivity index (χ0n) is 11.4. The number of rotatable bonds is 6. The first-order valence-electron chi connectivity index (χ1n) is 5.92. The summed E-state index contributed by atoms with van der Waals surface area (Å²) in [6.07, 6.45) is 1.18. The highest BCUT2D eigenvalue weighted by Gasteiger charge is 2.31. The number of hydrogen-bond donors (Lipinski definition) is 2. The van der Waals surface area contributed by atoms with Crippen LogP contribution in [0.3, 0.4) is 0 Å². The van der Waals surface area contributed by atoms with Crippen LogP contribution in [-0.4, -0.2) is 31.9 Å². The van der Waals surface area contributed by atoms with Gasteiger partial charge in [-0.1, -0.05) is 30.3 Å². The number of amides is 1. The Kier molecular flexibility index (Phi) is 4.70. The molecule has 0 bridgehead atoms. The summed E-state index contributed by atoms with van der Waals surface area (Å²) in [5.74, 6) is -0.532. The van der Waals surface area contributed by atoms with Gasteiger partial charge in [0.2, 0.25) is 5.91 Å². The number of primary amides is 1. The molecule has 0 saturated carbocycles. The summed E-state index contributed by atoms with van der Waals surface area (Å²) in [5.41, 5.74) is 6.08. The Balaban J connectivity index is 2.86. The molecule has 6 heteroatoms. The Morgan fingerprint density at radius 2 is 1.84 bits per heavy atom. The van der Waals surface area contributed by atoms with Gasteiger partial charge in [0.1, 0.15) is 6.04 Å². The molecule has 0 aliphatic heterocycles. The van der Waals surface area contributed by atoms with Crippen LogP contribution in [-0.2, 0) is 14.6 Å². The fourth-order valence-electron chi connectivity index (χ4n) is 1.51. The predicted molar refractivity (Wildman–Crippen MR) is 75.3 cm³/mol. The summed E-state index contributed by atoms with van der Waals surface area (Å²) in [5, 5.41) is 2.93. The third-order valence-corrected chi connectivity index (χ3v) is 5.30. The normalized spacial score (nSPS) is 14.1. The maximum atomic E-state index is 11.6. The second-order valence-electron chi connectivity index (χ2n) is 5.16. The fourth-order valence-corrected chi connectivity index (χ4v) is 1.85. The van der Waals surface area contributed by atoms with Crippen molar-refractivity contribution in [1.29, 1.82) is 0 Å². The van der Waals surface area contributed by atoms with Crippen LogP contribution in [0, 0.1) is 0 Å². The van der Waals surface area contributed by atoms with Crippen LogP contribution < -0.4 is 11.1 Å². The minimum Gasteiger partial charge on any atom is -0.368 e. The molecule has 3 N–H and O–H groups in total. The first kappa shape index (κ1) is 15.7. The molecule has 0 aliphatic rings. The first-order chi connectivity index (χ1) is 8.65. The van der Waals surface area contributed by atoms with E-state index in [9.17, 15) is 13.2 Å². The Morgan fingerprint density at radius 3 is 2.26 bits per heavy atom. The molecule has 1 aromatic carbocycles. The number of nitrogens with two attached hydrogens (primary N) is 1. The second kappa shape index (κ2) is 5.71. The molecule has 5 nitrogen and oxygen atoms in total. The average Bonchev–Trinajstić information content (AvgIpc) is 2.28. The highest BCUT2D eigenvalue weighted by atomic mass is 32.2. The summed E-state index contributed by atoms with van der Waals surface area (Å²) in [4.78, 5) is 11.5. The molecule has 0 fully saturated rings. The van der Waals surface area contributed by atoms with Crippen LogP contribution in [0.25, 0.3) is 0 Å². The minimum atomic E-state index is -3.22. The van der Waals surface area contributed by atoms with Crippen LogP contribution >= 0.6 is 0 Å². The maximum Gasteiger partial charge on any atom is 0.239 e. The van der Waals surface area contributed by atoms with Crippen LogP contribution in [0.2, 0.25) is 0 Å². The number of benzene rings is 1. The number of nitrogens with one attached hydrogen (secondary N) is 1. The third-order valence-electron chi connectivity index (χ3n) is 3.15. The molecule has 0 unspecified atom stereocenters. The Hall–Kier alpha value is -1.40. The second-order valence-corrected chi connectivity index (χ2v) is 7.81. The zero-order valence-corrected chi connectivity index (χ0v) is 12.2. The molecule has 0 radical (unpaired) electrons. The molecule has 0 saturated heterocycles. The molecule has 106 valence electrons. The summed E-state index contributed by atoms with van der Waals surface area (Å²) in [7, 11) is -3.22. The molecule has 1 rings (SSSR count). The smallest absolute Gasteiger partial charge is 0.239 e. The SMILES string of the molecule is CC(C)(CN[C@@H](C(N)=O)c1ccccc1)S(C)(=O)=O. The summed E-state index contributed by atoms with van der Waals surface area (Å²) in [6.45, 7) is 3.37. The predicted octanol–water partition coefficient (Wildman–Crippen LogP) is 0.626. The summed E-state index contributed by atoms with van der Waals surface area (Å²) < 4.78 is 22.3. The van der Waals surface area contributed by atoms with E-state index >= 15 is 0 Å². The lowest BCUT2D eigenvalue weighted by atomic mass is 10.1. The number of carbonyl (C=O) groups excluding carboxylic acids is 1. The van der Waals surface area contributed by atoms with E-state index in [2.05, 4.69) is 5.32 Å². The van der Waals surface area contributed by atoms with E-state index < -0.39 is 26.5 Å². The van der Waals surface area contributed by atoms with Crippen molar-refractivity contribution in [3.63, 3.8) is 0 Å². The van der Waals surface area contributed by atoms with Gasteiger partial charge in [0.25, 0.3) is 0 Å². The van der Waals surface area contributed by atoms with Crippen LogP contribution in [0.15, 0.2) is 30.3 Å². The van der Waals surface area contributed by atoms with Crippen LogP contribution in [0.5, 0.6) is 0 Å². The van der Waals surface area contributed by atoms with Crippen molar-refractivity contribution in [2.75, 3.05) is 12.8 Å². The van der Waals surface area contributed by atoms with Gasteiger partial charge in [-0.05, 0) is 19.4 Å². The van der Waals surface area contributed by atoms with Crippen LogP contribution in [0.1, 0.15) is 25.5 Å². The molecular formula is C13H20N2O3S. The number of sulfone groups is 1. The molecule has 0 spiro atoms. The molecule has 1 aromatic rings. The van der Waals surface area contributed by atoms with Gasteiger partial charge in [0.15, 0.2) is 9.84 Å². The zero-order chi connectivity index (χ0) is 14.7. The summed E-state index contributed by atoms with van der Waals surface area (Å²) in [6, 6.07) is 8.29. The molecular weight excluding hydrogens is 264 g/mol. The van der Waals surface area contributed by atoms with E-state index in [0.29, 0.717) is 0 Å². The lowest BCUT2D eigenvalue weighted by molar-refractivity contribution is -0.120. The van der Waals surface area contributed by atoms with Crippen LogP contribution in [0.4, 0.5) is 0 Å². The van der Waals surface area contributed by atoms with E-state index in [1.54, 1.807) is 38.1 Å². The van der Waals surface area contributed by atoms with E-state index in [0.717, 1.165) is 5.56 Å². The number of hydrogen-bond acceptors (Lipinski definition) is 4. The van der Waals surface area contributed by atoms with Crippen molar-refractivity contribution in [2.24, 2.45) is 5.73 Å². The van der Waals surface area contributed by atoms with Crippen molar-refractivity contribution in [3.05, 3.63) is 35.9 Å². The quantitative estimate of drug-likeness (QED) is 0.801. The van der Waals surface area contributed by atoms with Crippen molar-refractivity contribution < 1.29 is 13.2 Å². The van der Waals surface area contributed by atoms with Gasteiger partial charge in [0, 0.05) is 12.8 Å². The monoisotopic (exact) mass is 284 g/mol. The van der Waals surface area contributed by atoms with Gasteiger partial charge < -0.3 is 11.1 Å². The topological polar surface area (TPSA) is 89.3 Å². The maximum absolute atomic E-state index is 11.6. The van der Waals surface area contributed by atoms with E-state index in [1.807, 2.05) is 6.07 Å². The summed E-state index contributed by atoms with van der Waals surface area (Å²) >= 11 is 0. The largest absolute Gasteiger partial charge is 0.368 e. The average molecular weight is 284 g/mol. The first-order valence-corrected chi connectivity index (χ1v) is 7.81. The van der Waals surface area contributed by atoms with Crippen molar-refractivity contribution in [3.8, 4) is 0 Å². The van der Waals surface area contributed by atoms with Gasteiger partial charge in [-0.25, -0.2) is 8.42 Å². The third kappa shape index (κ3) is 4.04. The molecule has 1 amide bonds. The number of carbonyl (C=O) groups is 1. The van der Waals surface area contributed by atoms with Crippen molar-refractivity contribution >= 4 is 15.7 Å². The standard InChI is InChI=1S/C13H20N2O3S/c1-13(2,19(3,17)18)9-15-11(12(14)16)10-7-5-4-6-8-10/h4-8,11,15H,9H2,1-3H3,(H2,14,16)/t11-/m1/s1. The lowest BCUT2D eigenvalue weighted by Crippen LogP contribution is -2.45. The Bertz CT molecular complexity index is 538. The Morgan fingerprint density at radius 1 is 1.32 bits per heavy atom. The Labute approximate surface area is 114 Å². The lowest BCUT2D eigenvalue weighted by Gasteiger charge is -2.25. The molecule has 0 aliphatic carbocycles. The molecule has 0 heterocycles. The highest BCUT2D eigenvalue weighted by molar-refractivity contribution is 7.92. The van der Waals surface area contributed by atoms with Crippen molar-refractivity contribution in [2.45, 2.75) is 24.6 Å². The minimum absolute atomic E-state index is 0.147. The molecule has 0 aromatic heterocycles. The molecule has 1 atom stereocenters. The van der Waals surface area contributed by atoms with Gasteiger partial charge in [-0.3, -0.25) is 4.79 Å². The van der Waals surface area contributed by atoms with Gasteiger partial charge >= 0.3 is 0 Å². The van der Waals surface area contributed by atoms with E-state index in [4.69, 9.17) is 5.73 Å². The van der Waals surface area contributed by atoms with Gasteiger partial charge in [-0.2, -0.15) is 0 Å². The molecule has 19 heavy (non-hydrogen) atoms. The van der Waals surface area contributed by atoms with E-state index in [1.165, 1.54) is 6.26 Å². The van der Waals surface area contributed by atoms with Gasteiger partial charge in [-0.15, -0.1) is 0 Å². The fraction of sp³-hybridized carbons (Fsp3) is 0.462. The van der Waals surface area contributed by atoms with E-state index in [-0.39, 0.29) is 6.54 Å². The van der Waals surface area contributed by atoms with Gasteiger partial charge in [0.05, 0.1) is 4.75 Å². The van der Waals surface area contributed by atoms with Crippen molar-refractivity contribution in [1.82, 2.24) is 5.32 Å².